The van der Waals surface area contributed by atoms with Crippen molar-refractivity contribution in [1.29, 1.82) is 0 Å². The van der Waals surface area contributed by atoms with Gasteiger partial charge in [-0.1, -0.05) is 18.6 Å². The van der Waals surface area contributed by atoms with Crippen LogP contribution in [-0.4, -0.2) is 31.3 Å². The van der Waals surface area contributed by atoms with Crippen molar-refractivity contribution < 1.29 is 9.84 Å². The minimum absolute atomic E-state index is 0.0647. The Morgan fingerprint density at radius 2 is 2.05 bits per heavy atom. The lowest BCUT2D eigenvalue weighted by molar-refractivity contribution is 0.124. The van der Waals surface area contributed by atoms with Crippen molar-refractivity contribution in [3.63, 3.8) is 0 Å². The van der Waals surface area contributed by atoms with Gasteiger partial charge in [-0.05, 0) is 51.9 Å². The Bertz CT molecular complexity index is 421. The fraction of sp³-hybridized carbons (Fsp3) is 0.625. The van der Waals surface area contributed by atoms with Gasteiger partial charge >= 0.3 is 0 Å². The molecule has 1 aromatic rings. The summed E-state index contributed by atoms with van der Waals surface area (Å²) in [6.07, 6.45) is 1.05. The molecule has 0 aromatic heterocycles. The van der Waals surface area contributed by atoms with Gasteiger partial charge in [-0.3, -0.25) is 0 Å². The van der Waals surface area contributed by atoms with Crippen LogP contribution >= 0.6 is 0 Å². The molecule has 114 valence electrons. The highest BCUT2D eigenvalue weighted by atomic mass is 16.5. The smallest absolute Gasteiger partial charge is 0.128 e. The number of hydrogen-bond acceptors (Lipinski definition) is 4. The van der Waals surface area contributed by atoms with Gasteiger partial charge in [0.25, 0.3) is 0 Å². The number of benzene rings is 1. The highest BCUT2D eigenvalue weighted by molar-refractivity contribution is 5.45. The van der Waals surface area contributed by atoms with Gasteiger partial charge in [0.05, 0.1) is 12.7 Å². The second-order valence-corrected chi connectivity index (χ2v) is 5.27. The fourth-order valence-electron chi connectivity index (χ4n) is 2.46. The molecule has 0 aliphatic rings. The van der Waals surface area contributed by atoms with E-state index >= 15 is 0 Å². The monoisotopic (exact) mass is 280 g/mol. The standard InChI is InChI=1S/C16H28N2O2/c1-5-8-20-16-12(3)9-11(2)10-13(16)15(19)14(18-4)6-7-17/h9-10,14-15,18-19H,5-8,17H2,1-4H3. The largest absolute Gasteiger partial charge is 0.493 e. The van der Waals surface area contributed by atoms with Gasteiger partial charge in [0.15, 0.2) is 0 Å². The second-order valence-electron chi connectivity index (χ2n) is 5.27. The highest BCUT2D eigenvalue weighted by Crippen LogP contribution is 2.32. The first kappa shape index (κ1) is 17.0. The third kappa shape index (κ3) is 4.20. The fourth-order valence-corrected chi connectivity index (χ4v) is 2.46. The first-order valence-electron chi connectivity index (χ1n) is 7.34. The third-order valence-corrected chi connectivity index (χ3v) is 3.45. The maximum absolute atomic E-state index is 10.6. The average molecular weight is 280 g/mol. The molecule has 20 heavy (non-hydrogen) atoms. The lowest BCUT2D eigenvalue weighted by Gasteiger charge is -2.25. The van der Waals surface area contributed by atoms with E-state index in [1.807, 2.05) is 27.0 Å². The van der Waals surface area contributed by atoms with Crippen molar-refractivity contribution in [2.24, 2.45) is 5.73 Å². The Balaban J connectivity index is 3.12. The molecule has 2 atom stereocenters. The number of hydrogen-bond donors (Lipinski definition) is 3. The molecule has 0 saturated heterocycles. The second kappa shape index (κ2) is 8.25. The molecule has 4 nitrogen and oxygen atoms in total. The van der Waals surface area contributed by atoms with Crippen LogP contribution in [0.2, 0.25) is 0 Å². The van der Waals surface area contributed by atoms with E-state index in [4.69, 9.17) is 10.5 Å². The molecule has 0 heterocycles. The number of rotatable bonds is 8. The lowest BCUT2D eigenvalue weighted by atomic mass is 9.95. The van der Waals surface area contributed by atoms with Crippen LogP contribution in [0.15, 0.2) is 12.1 Å². The molecular formula is C16H28N2O2. The molecule has 0 amide bonds. The van der Waals surface area contributed by atoms with E-state index < -0.39 is 6.10 Å². The summed E-state index contributed by atoms with van der Waals surface area (Å²) in [5.41, 5.74) is 8.66. The topological polar surface area (TPSA) is 67.5 Å². The number of aliphatic hydroxyl groups is 1. The van der Waals surface area contributed by atoms with Crippen LogP contribution in [0.3, 0.4) is 0 Å². The number of aryl methyl sites for hydroxylation is 2. The molecule has 0 radical (unpaired) electrons. The van der Waals surface area contributed by atoms with E-state index in [-0.39, 0.29) is 6.04 Å². The molecule has 0 fully saturated rings. The van der Waals surface area contributed by atoms with Gasteiger partial charge in [0, 0.05) is 11.6 Å². The van der Waals surface area contributed by atoms with Crippen molar-refractivity contribution >= 4 is 0 Å². The molecule has 2 unspecified atom stereocenters. The minimum atomic E-state index is -0.617. The van der Waals surface area contributed by atoms with Crippen molar-refractivity contribution in [2.75, 3.05) is 20.2 Å². The van der Waals surface area contributed by atoms with Crippen molar-refractivity contribution in [3.05, 3.63) is 28.8 Å². The maximum atomic E-state index is 10.6. The van der Waals surface area contributed by atoms with Crippen LogP contribution in [0.5, 0.6) is 5.75 Å². The molecule has 4 heteroatoms. The number of aliphatic hydroxyl groups excluding tert-OH is 1. The summed E-state index contributed by atoms with van der Waals surface area (Å²) < 4.78 is 5.85. The normalized spacial score (nSPS) is 14.1. The van der Waals surface area contributed by atoms with Crippen LogP contribution in [0.4, 0.5) is 0 Å². The molecule has 1 rings (SSSR count). The summed E-state index contributed by atoms with van der Waals surface area (Å²) in [4.78, 5) is 0. The molecule has 0 spiro atoms. The quantitative estimate of drug-likeness (QED) is 0.682. The molecule has 0 aliphatic carbocycles. The Hall–Kier alpha value is -1.10. The zero-order valence-electron chi connectivity index (χ0n) is 13.1. The number of nitrogens with two attached hydrogens (primary N) is 1. The summed E-state index contributed by atoms with van der Waals surface area (Å²) in [7, 11) is 1.85. The first-order chi connectivity index (χ1) is 9.54. The first-order valence-corrected chi connectivity index (χ1v) is 7.34. The van der Waals surface area contributed by atoms with Gasteiger partial charge in [0.2, 0.25) is 0 Å². The third-order valence-electron chi connectivity index (χ3n) is 3.45. The number of nitrogens with one attached hydrogen (secondary N) is 1. The van der Waals surface area contributed by atoms with Crippen LogP contribution in [0.25, 0.3) is 0 Å². The van der Waals surface area contributed by atoms with Gasteiger partial charge in [0.1, 0.15) is 5.75 Å². The zero-order chi connectivity index (χ0) is 15.1. The maximum Gasteiger partial charge on any atom is 0.128 e. The molecular weight excluding hydrogens is 252 g/mol. The highest BCUT2D eigenvalue weighted by Gasteiger charge is 2.23. The summed E-state index contributed by atoms with van der Waals surface area (Å²) in [5, 5.41) is 13.8. The summed E-state index contributed by atoms with van der Waals surface area (Å²) in [5.74, 6) is 0.808. The van der Waals surface area contributed by atoms with E-state index in [0.717, 1.165) is 35.3 Å². The van der Waals surface area contributed by atoms with E-state index in [1.54, 1.807) is 0 Å². The predicted octanol–water partition coefficient (Wildman–Crippen LogP) is 2.06. The Morgan fingerprint density at radius 1 is 1.35 bits per heavy atom. The summed E-state index contributed by atoms with van der Waals surface area (Å²) in [6.45, 7) is 7.32. The lowest BCUT2D eigenvalue weighted by Crippen LogP contribution is -2.34. The van der Waals surface area contributed by atoms with E-state index in [1.165, 1.54) is 0 Å². The van der Waals surface area contributed by atoms with Gasteiger partial charge < -0.3 is 20.9 Å². The summed E-state index contributed by atoms with van der Waals surface area (Å²) in [6, 6.07) is 4.02. The summed E-state index contributed by atoms with van der Waals surface area (Å²) >= 11 is 0. The van der Waals surface area contributed by atoms with Gasteiger partial charge in [-0.25, -0.2) is 0 Å². The van der Waals surface area contributed by atoms with Crippen LogP contribution in [0, 0.1) is 13.8 Å². The molecule has 0 aliphatic heterocycles. The van der Waals surface area contributed by atoms with Gasteiger partial charge in [-0.15, -0.1) is 0 Å². The van der Waals surface area contributed by atoms with Crippen molar-refractivity contribution in [2.45, 2.75) is 45.8 Å². The van der Waals surface area contributed by atoms with Crippen molar-refractivity contribution in [3.8, 4) is 5.75 Å². The molecule has 4 N–H and O–H groups in total. The zero-order valence-corrected chi connectivity index (χ0v) is 13.1. The Labute approximate surface area is 122 Å². The van der Waals surface area contributed by atoms with Crippen molar-refractivity contribution in [1.82, 2.24) is 5.32 Å². The van der Waals surface area contributed by atoms with Crippen LogP contribution in [0.1, 0.15) is 42.6 Å². The van der Waals surface area contributed by atoms with Crippen LogP contribution in [-0.2, 0) is 0 Å². The Kier molecular flexibility index (Phi) is 6.99. The van der Waals surface area contributed by atoms with E-state index in [9.17, 15) is 5.11 Å². The minimum Gasteiger partial charge on any atom is -0.493 e. The molecule has 0 saturated carbocycles. The number of ether oxygens (including phenoxy) is 1. The number of likely N-dealkylation sites (N-methyl/N-ethyl adjacent to an activating group) is 1. The Morgan fingerprint density at radius 3 is 2.60 bits per heavy atom. The van der Waals surface area contributed by atoms with Gasteiger partial charge in [-0.2, -0.15) is 0 Å². The predicted molar refractivity (Wildman–Crippen MR) is 83.2 cm³/mol. The van der Waals surface area contributed by atoms with E-state index in [2.05, 4.69) is 18.3 Å². The molecule has 1 aromatic carbocycles. The SMILES string of the molecule is CCCOc1c(C)cc(C)cc1C(O)C(CCN)NC. The van der Waals surface area contributed by atoms with E-state index in [0.29, 0.717) is 13.2 Å². The average Bonchev–Trinajstić information content (AvgIpc) is 2.42. The molecule has 0 bridgehead atoms. The van der Waals surface area contributed by atoms with Crippen LogP contribution < -0.4 is 15.8 Å².